The number of amides is 1. The minimum atomic E-state index is 0.0518. The number of carbonyl (C=O) groups excluding carboxylic acids is 1. The fourth-order valence-electron chi connectivity index (χ4n) is 3.24. The fraction of sp³-hybridized carbons (Fsp3) is 0.588. The molecule has 1 aliphatic rings. The Morgan fingerprint density at radius 1 is 1.38 bits per heavy atom. The predicted molar refractivity (Wildman–Crippen MR) is 88.2 cm³/mol. The van der Waals surface area contributed by atoms with E-state index in [1.807, 2.05) is 18.2 Å². The van der Waals surface area contributed by atoms with E-state index in [1.165, 1.54) is 25.7 Å². The van der Waals surface area contributed by atoms with Crippen LogP contribution in [0.2, 0.25) is 0 Å². The maximum atomic E-state index is 12.0. The summed E-state index contributed by atoms with van der Waals surface area (Å²) in [6.07, 6.45) is 5.75. The third-order valence-corrected chi connectivity index (χ3v) is 4.49. The zero-order valence-electron chi connectivity index (χ0n) is 13.1. The number of nitrogens with one attached hydrogen (secondary N) is 1. The molecule has 0 bridgehead atoms. The van der Waals surface area contributed by atoms with Gasteiger partial charge in [0.1, 0.15) is 0 Å². The minimum Gasteiger partial charge on any atom is -0.399 e. The first-order valence-electron chi connectivity index (χ1n) is 7.92. The Morgan fingerprint density at radius 3 is 2.86 bits per heavy atom. The van der Waals surface area contributed by atoms with Gasteiger partial charge in [0, 0.05) is 30.4 Å². The standard InChI is InChI=1S/C17H27N3O/c1-13-6-3-4-9-16(13)20(2)11-10-17(21)19-15-8-5-7-14(18)12-15/h5,7-8,12-13,16H,3-4,6,9-11,18H2,1-2H3,(H,19,21). The number of carbonyl (C=O) groups is 1. The van der Waals surface area contributed by atoms with Gasteiger partial charge in [-0.3, -0.25) is 4.79 Å². The Morgan fingerprint density at radius 2 is 2.14 bits per heavy atom. The normalized spacial score (nSPS) is 22.2. The van der Waals surface area contributed by atoms with Gasteiger partial charge in [-0.1, -0.05) is 25.8 Å². The predicted octanol–water partition coefficient (Wildman–Crippen LogP) is 3.11. The van der Waals surface area contributed by atoms with Crippen LogP contribution in [0.5, 0.6) is 0 Å². The Bertz CT molecular complexity index is 475. The van der Waals surface area contributed by atoms with Crippen LogP contribution in [-0.2, 0) is 4.79 Å². The summed E-state index contributed by atoms with van der Waals surface area (Å²) >= 11 is 0. The van der Waals surface area contributed by atoms with Crippen molar-refractivity contribution in [3.05, 3.63) is 24.3 Å². The molecule has 0 saturated heterocycles. The van der Waals surface area contributed by atoms with Crippen molar-refractivity contribution in [2.45, 2.75) is 45.1 Å². The molecule has 2 atom stereocenters. The molecule has 21 heavy (non-hydrogen) atoms. The molecule has 4 nitrogen and oxygen atoms in total. The lowest BCUT2D eigenvalue weighted by molar-refractivity contribution is -0.116. The topological polar surface area (TPSA) is 58.4 Å². The number of anilines is 2. The minimum absolute atomic E-state index is 0.0518. The third kappa shape index (κ3) is 4.74. The van der Waals surface area contributed by atoms with E-state index in [2.05, 4.69) is 24.2 Å². The van der Waals surface area contributed by atoms with Crippen molar-refractivity contribution < 1.29 is 4.79 Å². The monoisotopic (exact) mass is 289 g/mol. The first-order chi connectivity index (χ1) is 10.1. The van der Waals surface area contributed by atoms with Gasteiger partial charge in [-0.15, -0.1) is 0 Å². The molecule has 0 aromatic heterocycles. The highest BCUT2D eigenvalue weighted by Gasteiger charge is 2.24. The summed E-state index contributed by atoms with van der Waals surface area (Å²) in [5, 5.41) is 2.91. The van der Waals surface area contributed by atoms with Crippen LogP contribution in [0, 0.1) is 5.92 Å². The number of nitrogens with zero attached hydrogens (tertiary/aromatic N) is 1. The average molecular weight is 289 g/mol. The van der Waals surface area contributed by atoms with Gasteiger partial charge in [0.05, 0.1) is 0 Å². The second kappa shape index (κ2) is 7.46. The summed E-state index contributed by atoms with van der Waals surface area (Å²) in [4.78, 5) is 14.4. The highest BCUT2D eigenvalue weighted by molar-refractivity contribution is 5.91. The number of rotatable bonds is 5. The molecule has 1 aliphatic carbocycles. The summed E-state index contributed by atoms with van der Waals surface area (Å²) in [6.45, 7) is 3.14. The molecule has 1 aromatic carbocycles. The number of benzene rings is 1. The zero-order valence-corrected chi connectivity index (χ0v) is 13.1. The summed E-state index contributed by atoms with van der Waals surface area (Å²) in [7, 11) is 2.14. The zero-order chi connectivity index (χ0) is 15.2. The van der Waals surface area contributed by atoms with E-state index in [1.54, 1.807) is 6.07 Å². The van der Waals surface area contributed by atoms with Crippen molar-refractivity contribution in [2.75, 3.05) is 24.6 Å². The van der Waals surface area contributed by atoms with Gasteiger partial charge in [0.15, 0.2) is 0 Å². The van der Waals surface area contributed by atoms with Gasteiger partial charge in [-0.05, 0) is 44.0 Å². The van der Waals surface area contributed by atoms with Gasteiger partial charge in [-0.2, -0.15) is 0 Å². The van der Waals surface area contributed by atoms with Crippen molar-refractivity contribution in [1.29, 1.82) is 0 Å². The smallest absolute Gasteiger partial charge is 0.225 e. The molecule has 0 radical (unpaired) electrons. The molecule has 1 saturated carbocycles. The second-order valence-electron chi connectivity index (χ2n) is 6.23. The lowest BCUT2D eigenvalue weighted by Crippen LogP contribution is -2.40. The van der Waals surface area contributed by atoms with Crippen LogP contribution in [0.4, 0.5) is 11.4 Å². The van der Waals surface area contributed by atoms with Gasteiger partial charge >= 0.3 is 0 Å². The molecule has 4 heteroatoms. The Labute approximate surface area is 127 Å². The lowest BCUT2D eigenvalue weighted by Gasteiger charge is -2.36. The van der Waals surface area contributed by atoms with Crippen LogP contribution in [0.15, 0.2) is 24.3 Å². The number of hydrogen-bond acceptors (Lipinski definition) is 3. The summed E-state index contributed by atoms with van der Waals surface area (Å²) in [6, 6.07) is 7.93. The number of nitrogens with two attached hydrogens (primary N) is 1. The van der Waals surface area contributed by atoms with E-state index in [0.29, 0.717) is 18.2 Å². The Hall–Kier alpha value is -1.55. The maximum Gasteiger partial charge on any atom is 0.225 e. The molecule has 2 unspecified atom stereocenters. The molecular weight excluding hydrogens is 262 g/mol. The molecule has 0 heterocycles. The highest BCUT2D eigenvalue weighted by Crippen LogP contribution is 2.27. The first kappa shape index (κ1) is 15.8. The Balaban J connectivity index is 1.78. The molecule has 0 spiro atoms. The van der Waals surface area contributed by atoms with Crippen molar-refractivity contribution in [1.82, 2.24) is 4.90 Å². The molecule has 1 fully saturated rings. The van der Waals surface area contributed by atoms with Crippen molar-refractivity contribution in [3.8, 4) is 0 Å². The van der Waals surface area contributed by atoms with E-state index < -0.39 is 0 Å². The van der Waals surface area contributed by atoms with E-state index in [-0.39, 0.29) is 5.91 Å². The maximum absolute atomic E-state index is 12.0. The molecule has 1 amide bonds. The second-order valence-corrected chi connectivity index (χ2v) is 6.23. The van der Waals surface area contributed by atoms with Crippen LogP contribution in [-0.4, -0.2) is 30.4 Å². The molecule has 0 aliphatic heterocycles. The van der Waals surface area contributed by atoms with Crippen LogP contribution in [0.1, 0.15) is 39.0 Å². The SMILES string of the molecule is CC1CCCCC1N(C)CCC(=O)Nc1cccc(N)c1. The number of hydrogen-bond donors (Lipinski definition) is 2. The fourth-order valence-corrected chi connectivity index (χ4v) is 3.24. The molecule has 116 valence electrons. The van der Waals surface area contributed by atoms with E-state index in [4.69, 9.17) is 5.73 Å². The van der Waals surface area contributed by atoms with Crippen LogP contribution in [0.25, 0.3) is 0 Å². The van der Waals surface area contributed by atoms with Crippen molar-refractivity contribution >= 4 is 17.3 Å². The average Bonchev–Trinajstić information content (AvgIpc) is 2.45. The molecule has 3 N–H and O–H groups in total. The molecular formula is C17H27N3O. The number of nitrogen functional groups attached to an aromatic ring is 1. The van der Waals surface area contributed by atoms with E-state index >= 15 is 0 Å². The van der Waals surface area contributed by atoms with Crippen LogP contribution in [0.3, 0.4) is 0 Å². The van der Waals surface area contributed by atoms with Gasteiger partial charge in [-0.25, -0.2) is 0 Å². The Kier molecular flexibility index (Phi) is 5.62. The largest absolute Gasteiger partial charge is 0.399 e. The van der Waals surface area contributed by atoms with E-state index in [9.17, 15) is 4.79 Å². The lowest BCUT2D eigenvalue weighted by atomic mass is 9.85. The van der Waals surface area contributed by atoms with Gasteiger partial charge < -0.3 is 16.0 Å². The summed E-state index contributed by atoms with van der Waals surface area (Å²) in [5.74, 6) is 0.789. The van der Waals surface area contributed by atoms with Crippen LogP contribution < -0.4 is 11.1 Å². The van der Waals surface area contributed by atoms with Crippen molar-refractivity contribution in [3.63, 3.8) is 0 Å². The highest BCUT2D eigenvalue weighted by atomic mass is 16.1. The van der Waals surface area contributed by atoms with E-state index in [0.717, 1.165) is 18.2 Å². The van der Waals surface area contributed by atoms with Gasteiger partial charge in [0.2, 0.25) is 5.91 Å². The quantitative estimate of drug-likeness (QED) is 0.819. The molecule has 1 aromatic rings. The summed E-state index contributed by atoms with van der Waals surface area (Å²) in [5.41, 5.74) is 7.15. The first-order valence-corrected chi connectivity index (χ1v) is 7.92. The van der Waals surface area contributed by atoms with Crippen molar-refractivity contribution in [2.24, 2.45) is 5.92 Å². The molecule has 2 rings (SSSR count). The van der Waals surface area contributed by atoms with Gasteiger partial charge in [0.25, 0.3) is 0 Å². The van der Waals surface area contributed by atoms with Crippen LogP contribution >= 0.6 is 0 Å². The third-order valence-electron chi connectivity index (χ3n) is 4.49. The summed E-state index contributed by atoms with van der Waals surface area (Å²) < 4.78 is 0.